The zero-order valence-electron chi connectivity index (χ0n) is 21.6. The van der Waals surface area contributed by atoms with Gasteiger partial charge in [0.2, 0.25) is 5.91 Å². The van der Waals surface area contributed by atoms with E-state index in [0.29, 0.717) is 28.0 Å². The van der Waals surface area contributed by atoms with Crippen LogP contribution in [-0.2, 0) is 26.2 Å². The number of rotatable bonds is 10. The molecule has 0 radical (unpaired) electrons. The van der Waals surface area contributed by atoms with Crippen LogP contribution in [0.3, 0.4) is 0 Å². The van der Waals surface area contributed by atoms with Crippen LogP contribution in [0.4, 0.5) is 5.69 Å². The summed E-state index contributed by atoms with van der Waals surface area (Å²) in [5.41, 5.74) is 1.02. The molecule has 0 bridgehead atoms. The SMILES string of the molecule is COC(=O)[C@H](Cc1cc([N+](=O)[O-])ccc1OC)NC(=O)C(c1ccccc1)(c1ccccc1)c1ccccc1. The van der Waals surface area contributed by atoms with Crippen LogP contribution < -0.4 is 10.1 Å². The van der Waals surface area contributed by atoms with E-state index in [1.165, 1.54) is 32.4 Å². The van der Waals surface area contributed by atoms with Gasteiger partial charge in [-0.25, -0.2) is 4.79 Å². The van der Waals surface area contributed by atoms with Crippen molar-refractivity contribution in [2.45, 2.75) is 17.9 Å². The summed E-state index contributed by atoms with van der Waals surface area (Å²) in [5.74, 6) is -0.796. The monoisotopic (exact) mass is 524 g/mol. The molecule has 4 aromatic rings. The molecule has 8 heteroatoms. The summed E-state index contributed by atoms with van der Waals surface area (Å²) in [6.45, 7) is 0. The van der Waals surface area contributed by atoms with Crippen LogP contribution >= 0.6 is 0 Å². The maximum atomic E-state index is 14.6. The number of hydrogen-bond acceptors (Lipinski definition) is 6. The molecule has 0 aliphatic heterocycles. The lowest BCUT2D eigenvalue weighted by Crippen LogP contribution is -2.52. The highest BCUT2D eigenvalue weighted by Crippen LogP contribution is 2.40. The number of carbonyl (C=O) groups excluding carboxylic acids is 2. The normalized spacial score (nSPS) is 11.7. The van der Waals surface area contributed by atoms with Gasteiger partial charge < -0.3 is 14.8 Å². The Morgan fingerprint density at radius 3 is 1.72 bits per heavy atom. The number of nitrogens with zero attached hydrogens (tertiary/aromatic N) is 1. The average molecular weight is 525 g/mol. The molecule has 0 unspecified atom stereocenters. The topological polar surface area (TPSA) is 108 Å². The van der Waals surface area contributed by atoms with E-state index >= 15 is 0 Å². The second-order valence-electron chi connectivity index (χ2n) is 8.85. The minimum atomic E-state index is -1.32. The molecule has 4 aromatic carbocycles. The van der Waals surface area contributed by atoms with Gasteiger partial charge >= 0.3 is 5.97 Å². The Bertz CT molecular complexity index is 1350. The van der Waals surface area contributed by atoms with Crippen LogP contribution in [0, 0.1) is 10.1 Å². The second-order valence-corrected chi connectivity index (χ2v) is 8.85. The molecule has 0 saturated heterocycles. The number of ether oxygens (including phenoxy) is 2. The van der Waals surface area contributed by atoms with Crippen molar-refractivity contribution in [3.63, 3.8) is 0 Å². The van der Waals surface area contributed by atoms with Crippen molar-refractivity contribution >= 4 is 17.6 Å². The zero-order valence-corrected chi connectivity index (χ0v) is 21.6. The summed E-state index contributed by atoms with van der Waals surface area (Å²) in [6, 6.07) is 30.9. The highest BCUT2D eigenvalue weighted by Gasteiger charge is 2.45. The zero-order chi connectivity index (χ0) is 27.8. The average Bonchev–Trinajstić information content (AvgIpc) is 2.98. The molecule has 1 N–H and O–H groups in total. The molecule has 0 aliphatic rings. The smallest absolute Gasteiger partial charge is 0.328 e. The quantitative estimate of drug-likeness (QED) is 0.138. The molecule has 1 atom stereocenters. The third-order valence-electron chi connectivity index (χ3n) is 6.65. The van der Waals surface area contributed by atoms with Crippen molar-refractivity contribution in [1.82, 2.24) is 5.32 Å². The third-order valence-corrected chi connectivity index (χ3v) is 6.65. The van der Waals surface area contributed by atoms with Crippen LogP contribution in [-0.4, -0.2) is 37.1 Å². The predicted octanol–water partition coefficient (Wildman–Crippen LogP) is 4.84. The molecule has 0 aliphatic carbocycles. The lowest BCUT2D eigenvalue weighted by molar-refractivity contribution is -0.384. The van der Waals surface area contributed by atoms with E-state index in [2.05, 4.69) is 5.32 Å². The molecule has 0 saturated carbocycles. The number of hydrogen-bond donors (Lipinski definition) is 1. The molecule has 0 heterocycles. The fourth-order valence-corrected chi connectivity index (χ4v) is 4.82. The van der Waals surface area contributed by atoms with Crippen molar-refractivity contribution in [3.05, 3.63) is 142 Å². The van der Waals surface area contributed by atoms with Gasteiger partial charge in [0.05, 0.1) is 19.1 Å². The number of non-ortho nitro benzene ring substituents is 1. The van der Waals surface area contributed by atoms with Gasteiger partial charge in [-0.05, 0) is 22.8 Å². The highest BCUT2D eigenvalue weighted by molar-refractivity contribution is 5.98. The highest BCUT2D eigenvalue weighted by atomic mass is 16.6. The Labute approximate surface area is 226 Å². The Balaban J connectivity index is 1.85. The van der Waals surface area contributed by atoms with E-state index < -0.39 is 28.3 Å². The van der Waals surface area contributed by atoms with Crippen molar-refractivity contribution in [2.24, 2.45) is 0 Å². The van der Waals surface area contributed by atoms with Gasteiger partial charge in [0, 0.05) is 24.1 Å². The summed E-state index contributed by atoms with van der Waals surface area (Å²) in [6.07, 6.45) is -0.0856. The standard InChI is InChI=1S/C31H28N2O6/c1-38-28-19-18-26(33(36)37)20-22(28)21-27(29(34)39-2)32-30(35)31(23-12-6-3-7-13-23,24-14-8-4-9-15-24)25-16-10-5-11-17-25/h3-20,27H,21H2,1-2H3,(H,32,35)/t27-/m0/s1. The molecule has 8 nitrogen and oxygen atoms in total. The first-order valence-electron chi connectivity index (χ1n) is 12.3. The Morgan fingerprint density at radius 2 is 1.31 bits per heavy atom. The van der Waals surface area contributed by atoms with Crippen molar-refractivity contribution < 1.29 is 24.0 Å². The van der Waals surface area contributed by atoms with E-state index in [9.17, 15) is 19.7 Å². The molecule has 0 spiro atoms. The first kappa shape index (κ1) is 27.1. The lowest BCUT2D eigenvalue weighted by atomic mass is 9.68. The number of carbonyl (C=O) groups is 2. The van der Waals surface area contributed by atoms with Crippen LogP contribution in [0.15, 0.2) is 109 Å². The Hall–Kier alpha value is -4.98. The van der Waals surface area contributed by atoms with E-state index in [1.807, 2.05) is 91.0 Å². The van der Waals surface area contributed by atoms with Gasteiger partial charge in [-0.3, -0.25) is 14.9 Å². The molecular weight excluding hydrogens is 496 g/mol. The number of esters is 1. The summed E-state index contributed by atoms with van der Waals surface area (Å²) < 4.78 is 10.4. The summed E-state index contributed by atoms with van der Waals surface area (Å²) in [5, 5.41) is 14.3. The molecule has 1 amide bonds. The fraction of sp³-hybridized carbons (Fsp3) is 0.161. The fourth-order valence-electron chi connectivity index (χ4n) is 4.82. The lowest BCUT2D eigenvalue weighted by Gasteiger charge is -2.35. The van der Waals surface area contributed by atoms with Gasteiger partial charge in [-0.2, -0.15) is 0 Å². The number of nitro benzene ring substituents is 1. The van der Waals surface area contributed by atoms with E-state index in [1.54, 1.807) is 0 Å². The van der Waals surface area contributed by atoms with Gasteiger partial charge in [0.15, 0.2) is 0 Å². The number of nitrogens with one attached hydrogen (secondary N) is 1. The number of amides is 1. The van der Waals surface area contributed by atoms with Crippen LogP contribution in [0.5, 0.6) is 5.75 Å². The number of benzene rings is 4. The van der Waals surface area contributed by atoms with Crippen LogP contribution in [0.25, 0.3) is 0 Å². The second kappa shape index (κ2) is 12.0. The maximum Gasteiger partial charge on any atom is 0.328 e. The summed E-state index contributed by atoms with van der Waals surface area (Å²) in [4.78, 5) is 38.4. The van der Waals surface area contributed by atoms with Gasteiger partial charge in [0.25, 0.3) is 5.69 Å². The van der Waals surface area contributed by atoms with Crippen molar-refractivity contribution in [2.75, 3.05) is 14.2 Å². The minimum absolute atomic E-state index is 0.0856. The molecule has 0 fully saturated rings. The van der Waals surface area contributed by atoms with E-state index in [-0.39, 0.29) is 12.1 Å². The number of nitro groups is 1. The molecular formula is C31H28N2O6. The van der Waals surface area contributed by atoms with Crippen molar-refractivity contribution in [1.29, 1.82) is 0 Å². The van der Waals surface area contributed by atoms with Gasteiger partial charge in [-0.1, -0.05) is 91.0 Å². The van der Waals surface area contributed by atoms with E-state index in [4.69, 9.17) is 9.47 Å². The van der Waals surface area contributed by atoms with Crippen molar-refractivity contribution in [3.8, 4) is 5.75 Å². The Kier molecular flexibility index (Phi) is 8.36. The molecule has 39 heavy (non-hydrogen) atoms. The maximum absolute atomic E-state index is 14.6. The third kappa shape index (κ3) is 5.50. The first-order chi connectivity index (χ1) is 18.9. The molecule has 0 aromatic heterocycles. The largest absolute Gasteiger partial charge is 0.496 e. The first-order valence-corrected chi connectivity index (χ1v) is 12.3. The number of methoxy groups -OCH3 is 2. The Morgan fingerprint density at radius 1 is 0.821 bits per heavy atom. The minimum Gasteiger partial charge on any atom is -0.496 e. The van der Waals surface area contributed by atoms with Gasteiger partial charge in [0.1, 0.15) is 17.2 Å². The van der Waals surface area contributed by atoms with E-state index in [0.717, 1.165) is 0 Å². The molecule has 198 valence electrons. The predicted molar refractivity (Wildman–Crippen MR) is 147 cm³/mol. The summed E-state index contributed by atoms with van der Waals surface area (Å²) in [7, 11) is 2.66. The molecule has 4 rings (SSSR count). The summed E-state index contributed by atoms with van der Waals surface area (Å²) >= 11 is 0. The van der Waals surface area contributed by atoms with Gasteiger partial charge in [-0.15, -0.1) is 0 Å². The van der Waals surface area contributed by atoms with Crippen LogP contribution in [0.1, 0.15) is 22.3 Å². The van der Waals surface area contributed by atoms with Crippen LogP contribution in [0.2, 0.25) is 0 Å².